The first-order valence-corrected chi connectivity index (χ1v) is 11.4. The average molecular weight is 491 g/mol. The molecule has 0 unspecified atom stereocenters. The van der Waals surface area contributed by atoms with Crippen molar-refractivity contribution in [2.45, 2.75) is 6.61 Å². The summed E-state index contributed by atoms with van der Waals surface area (Å²) < 4.78 is 11.7. The van der Waals surface area contributed by atoms with Crippen LogP contribution in [0.3, 0.4) is 0 Å². The highest BCUT2D eigenvalue weighted by molar-refractivity contribution is 6.32. The van der Waals surface area contributed by atoms with Gasteiger partial charge in [0.15, 0.2) is 0 Å². The van der Waals surface area contributed by atoms with Gasteiger partial charge in [0.05, 0.1) is 28.5 Å². The summed E-state index contributed by atoms with van der Waals surface area (Å²) in [5.41, 5.74) is 8.99. The van der Waals surface area contributed by atoms with Gasteiger partial charge in [-0.15, -0.1) is 0 Å². The molecule has 10 heteroatoms. The van der Waals surface area contributed by atoms with Gasteiger partial charge in [-0.3, -0.25) is 9.78 Å². The Hall–Kier alpha value is -4.11. The minimum absolute atomic E-state index is 0.304. The molecule has 2 aromatic carbocycles. The first-order valence-electron chi connectivity index (χ1n) is 11.0. The monoisotopic (exact) mass is 490 g/mol. The van der Waals surface area contributed by atoms with Crippen LogP contribution in [0.25, 0.3) is 10.9 Å². The second-order valence-electron chi connectivity index (χ2n) is 8.25. The number of anilines is 3. The minimum Gasteiger partial charge on any atom is -0.491 e. The van der Waals surface area contributed by atoms with Crippen LogP contribution in [0.5, 0.6) is 11.5 Å². The lowest BCUT2D eigenvalue weighted by Crippen LogP contribution is -2.48. The number of ether oxygens (including phenoxy) is 2. The largest absolute Gasteiger partial charge is 0.491 e. The van der Waals surface area contributed by atoms with Crippen molar-refractivity contribution < 1.29 is 14.3 Å². The molecule has 1 aliphatic heterocycles. The van der Waals surface area contributed by atoms with Gasteiger partial charge in [-0.25, -0.2) is 9.97 Å². The van der Waals surface area contributed by atoms with E-state index in [-0.39, 0.29) is 0 Å². The summed E-state index contributed by atoms with van der Waals surface area (Å²) >= 11 is 6.44. The zero-order chi connectivity index (χ0) is 24.2. The number of carbonyl (C=O) groups excluding carboxylic acids is 1. The molecule has 35 heavy (non-hydrogen) atoms. The Labute approximate surface area is 206 Å². The standard InChI is InChI=1S/C25H23ClN6O3/c26-20-7-17(4-5-23(20)35-13-18-3-1-2-6-28-18)31-25-19-8-21(27)24(9-22(19)29-14-30-25)34-12-16-10-32(11-16)15-33/h1-9,14-16H,10-13,27H2,(H,29,30,31). The highest BCUT2D eigenvalue weighted by Crippen LogP contribution is 2.34. The van der Waals surface area contributed by atoms with Gasteiger partial charge in [-0.2, -0.15) is 0 Å². The lowest BCUT2D eigenvalue weighted by atomic mass is 10.0. The van der Waals surface area contributed by atoms with Gasteiger partial charge < -0.3 is 25.4 Å². The number of halogens is 1. The van der Waals surface area contributed by atoms with Gasteiger partial charge in [0.25, 0.3) is 0 Å². The van der Waals surface area contributed by atoms with Gasteiger partial charge >= 0.3 is 0 Å². The van der Waals surface area contributed by atoms with Crippen LogP contribution in [0.1, 0.15) is 5.69 Å². The quantitative estimate of drug-likeness (QED) is 0.266. The van der Waals surface area contributed by atoms with E-state index >= 15 is 0 Å². The molecule has 1 amide bonds. The Morgan fingerprint density at radius 1 is 1.09 bits per heavy atom. The fourth-order valence-corrected chi connectivity index (χ4v) is 4.04. The van der Waals surface area contributed by atoms with Crippen molar-refractivity contribution in [1.82, 2.24) is 19.9 Å². The van der Waals surface area contributed by atoms with Gasteiger partial charge in [0.2, 0.25) is 6.41 Å². The van der Waals surface area contributed by atoms with Gasteiger partial charge in [0, 0.05) is 42.3 Å². The van der Waals surface area contributed by atoms with Gasteiger partial charge in [-0.1, -0.05) is 17.7 Å². The van der Waals surface area contributed by atoms with Crippen LogP contribution >= 0.6 is 11.6 Å². The molecule has 1 aliphatic rings. The predicted octanol–water partition coefficient (Wildman–Crippen LogP) is 4.05. The number of hydrogen-bond acceptors (Lipinski definition) is 8. The van der Waals surface area contributed by atoms with E-state index in [1.807, 2.05) is 24.3 Å². The Bertz CT molecular complexity index is 1350. The van der Waals surface area contributed by atoms with E-state index in [2.05, 4.69) is 20.3 Å². The normalized spacial score (nSPS) is 13.3. The van der Waals surface area contributed by atoms with Crippen molar-refractivity contribution >= 4 is 46.1 Å². The highest BCUT2D eigenvalue weighted by Gasteiger charge is 2.26. The highest BCUT2D eigenvalue weighted by atomic mass is 35.5. The molecule has 3 heterocycles. The van der Waals surface area contributed by atoms with E-state index in [4.69, 9.17) is 26.8 Å². The lowest BCUT2D eigenvalue weighted by molar-refractivity contribution is -0.124. The zero-order valence-corrected chi connectivity index (χ0v) is 19.5. The van der Waals surface area contributed by atoms with Crippen molar-refractivity contribution in [2.75, 3.05) is 30.7 Å². The molecule has 3 N–H and O–H groups in total. The van der Waals surface area contributed by atoms with Crippen LogP contribution in [-0.2, 0) is 11.4 Å². The number of pyridine rings is 1. The van der Waals surface area contributed by atoms with Crippen molar-refractivity contribution in [3.63, 3.8) is 0 Å². The number of nitrogen functional groups attached to an aromatic ring is 1. The van der Waals surface area contributed by atoms with Crippen LogP contribution < -0.4 is 20.5 Å². The molecule has 5 rings (SSSR count). The smallest absolute Gasteiger partial charge is 0.209 e. The first-order chi connectivity index (χ1) is 17.1. The molecule has 0 radical (unpaired) electrons. The molecule has 0 bridgehead atoms. The molecule has 0 atom stereocenters. The van der Waals surface area contributed by atoms with Crippen LogP contribution in [0.4, 0.5) is 17.2 Å². The SMILES string of the molecule is Nc1cc2c(Nc3ccc(OCc4ccccn4)c(Cl)c3)ncnc2cc1OCC1CN(C=O)C1. The number of carbonyl (C=O) groups is 1. The topological polar surface area (TPSA) is 115 Å². The third kappa shape index (κ3) is 5.20. The van der Waals surface area contributed by atoms with Gasteiger partial charge in [0.1, 0.15) is 30.3 Å². The molecule has 1 saturated heterocycles. The number of amides is 1. The van der Waals surface area contributed by atoms with Crippen molar-refractivity contribution in [2.24, 2.45) is 5.92 Å². The van der Waals surface area contributed by atoms with Crippen LogP contribution in [0, 0.1) is 5.92 Å². The Morgan fingerprint density at radius 3 is 2.74 bits per heavy atom. The third-order valence-electron chi connectivity index (χ3n) is 5.67. The fraction of sp³-hybridized carbons (Fsp3) is 0.200. The number of hydrogen-bond donors (Lipinski definition) is 2. The van der Waals surface area contributed by atoms with E-state index in [1.165, 1.54) is 6.33 Å². The number of nitrogens with zero attached hydrogens (tertiary/aromatic N) is 4. The number of likely N-dealkylation sites (tertiary alicyclic amines) is 1. The zero-order valence-electron chi connectivity index (χ0n) is 18.7. The maximum absolute atomic E-state index is 10.7. The second-order valence-corrected chi connectivity index (χ2v) is 8.65. The van der Waals surface area contributed by atoms with Gasteiger partial charge in [-0.05, 0) is 36.4 Å². The first kappa shape index (κ1) is 22.7. The minimum atomic E-state index is 0.304. The van der Waals surface area contributed by atoms with Crippen molar-refractivity contribution in [3.05, 3.63) is 71.8 Å². The molecule has 0 saturated carbocycles. The lowest BCUT2D eigenvalue weighted by Gasteiger charge is -2.36. The molecular weight excluding hydrogens is 468 g/mol. The number of aromatic nitrogens is 3. The third-order valence-corrected chi connectivity index (χ3v) is 5.97. The molecule has 0 aliphatic carbocycles. The average Bonchev–Trinajstić information content (AvgIpc) is 2.84. The molecule has 2 aromatic heterocycles. The summed E-state index contributed by atoms with van der Waals surface area (Å²) in [4.78, 5) is 25.4. The number of nitrogens with two attached hydrogens (primary N) is 1. The Kier molecular flexibility index (Phi) is 6.49. The van der Waals surface area contributed by atoms with Crippen molar-refractivity contribution in [1.29, 1.82) is 0 Å². The number of fused-ring (bicyclic) bond motifs is 1. The molecule has 0 spiro atoms. The molecule has 4 aromatic rings. The molecular formula is C25H23ClN6O3. The maximum atomic E-state index is 10.7. The van der Waals surface area contributed by atoms with Crippen molar-refractivity contribution in [3.8, 4) is 11.5 Å². The Morgan fingerprint density at radius 2 is 1.97 bits per heavy atom. The summed E-state index contributed by atoms with van der Waals surface area (Å²) in [6.07, 6.45) is 4.05. The fourth-order valence-electron chi connectivity index (χ4n) is 3.80. The molecule has 1 fully saturated rings. The van der Waals surface area contributed by atoms with E-state index < -0.39 is 0 Å². The Balaban J connectivity index is 1.28. The maximum Gasteiger partial charge on any atom is 0.209 e. The van der Waals surface area contributed by atoms with Crippen LogP contribution in [0.2, 0.25) is 5.02 Å². The van der Waals surface area contributed by atoms with E-state index in [0.29, 0.717) is 65.8 Å². The number of nitrogens with one attached hydrogen (secondary N) is 1. The summed E-state index contributed by atoms with van der Waals surface area (Å²) in [7, 11) is 0. The second kappa shape index (κ2) is 10.0. The van der Waals surface area contributed by atoms with Crippen LogP contribution in [-0.4, -0.2) is 46.0 Å². The summed E-state index contributed by atoms with van der Waals surface area (Å²) in [5, 5.41) is 4.49. The number of rotatable bonds is 9. The summed E-state index contributed by atoms with van der Waals surface area (Å²) in [5.74, 6) is 2.01. The summed E-state index contributed by atoms with van der Waals surface area (Å²) in [6, 6.07) is 14.7. The predicted molar refractivity (Wildman–Crippen MR) is 134 cm³/mol. The van der Waals surface area contributed by atoms with E-state index in [9.17, 15) is 4.79 Å². The van der Waals surface area contributed by atoms with E-state index in [0.717, 1.165) is 23.2 Å². The van der Waals surface area contributed by atoms with Crippen LogP contribution in [0.15, 0.2) is 61.1 Å². The molecule has 178 valence electrons. The summed E-state index contributed by atoms with van der Waals surface area (Å²) in [6.45, 7) is 2.21. The molecule has 9 nitrogen and oxygen atoms in total. The number of benzene rings is 2. The van der Waals surface area contributed by atoms with E-state index in [1.54, 1.807) is 35.4 Å².